The number of fused-ring (bicyclic) bond motifs is 1. The fourth-order valence-electron chi connectivity index (χ4n) is 3.97. The number of hydrogen-bond acceptors (Lipinski definition) is 3. The van der Waals surface area contributed by atoms with Gasteiger partial charge in [-0.25, -0.2) is 0 Å². The molecule has 2 heterocycles. The maximum absolute atomic E-state index is 13.2. The Morgan fingerprint density at radius 2 is 2.00 bits per heavy atom. The van der Waals surface area contributed by atoms with Gasteiger partial charge in [0.25, 0.3) is 0 Å². The van der Waals surface area contributed by atoms with Crippen molar-refractivity contribution < 1.29 is 14.3 Å². The van der Waals surface area contributed by atoms with E-state index in [-0.39, 0.29) is 17.9 Å². The molecule has 134 valence electrons. The minimum Gasteiger partial charge on any atom is -0.497 e. The van der Waals surface area contributed by atoms with Gasteiger partial charge in [0.05, 0.1) is 13.2 Å². The number of rotatable bonds is 3. The van der Waals surface area contributed by atoms with Gasteiger partial charge in [0, 0.05) is 13.0 Å². The Bertz CT molecular complexity index is 849. The van der Waals surface area contributed by atoms with Crippen molar-refractivity contribution in [2.45, 2.75) is 31.3 Å². The van der Waals surface area contributed by atoms with E-state index in [4.69, 9.17) is 4.74 Å². The number of nitrogens with zero attached hydrogens (tertiary/aromatic N) is 1. The lowest BCUT2D eigenvalue weighted by Gasteiger charge is -2.39. The van der Waals surface area contributed by atoms with E-state index in [0.717, 1.165) is 23.3 Å². The Kier molecular flexibility index (Phi) is 4.37. The first-order valence-corrected chi connectivity index (χ1v) is 8.99. The first kappa shape index (κ1) is 16.6. The molecular weight excluding hydrogens is 328 g/mol. The van der Waals surface area contributed by atoms with E-state index in [1.54, 1.807) is 7.11 Å². The summed E-state index contributed by atoms with van der Waals surface area (Å²) in [5, 5.41) is 2.81. The number of ether oxygens (including phenoxy) is 1. The third-order valence-electron chi connectivity index (χ3n) is 5.27. The van der Waals surface area contributed by atoms with E-state index in [1.807, 2.05) is 41.3 Å². The molecule has 5 nitrogen and oxygen atoms in total. The molecule has 5 heteroatoms. The van der Waals surface area contributed by atoms with Crippen LogP contribution in [0.2, 0.25) is 0 Å². The van der Waals surface area contributed by atoms with Crippen LogP contribution in [0, 0.1) is 0 Å². The van der Waals surface area contributed by atoms with Crippen molar-refractivity contribution in [1.82, 2.24) is 10.2 Å². The molecule has 1 N–H and O–H groups in total. The summed E-state index contributed by atoms with van der Waals surface area (Å²) in [7, 11) is 1.64. The number of methoxy groups -OCH3 is 1. The molecule has 2 amide bonds. The van der Waals surface area contributed by atoms with Crippen LogP contribution in [0.4, 0.5) is 0 Å². The van der Waals surface area contributed by atoms with Gasteiger partial charge in [-0.05, 0) is 41.7 Å². The Morgan fingerprint density at radius 1 is 1.15 bits per heavy atom. The zero-order valence-electron chi connectivity index (χ0n) is 14.8. The maximum Gasteiger partial charge on any atom is 0.245 e. The van der Waals surface area contributed by atoms with Crippen molar-refractivity contribution in [1.29, 1.82) is 0 Å². The normalized spacial score (nSPS) is 21.9. The molecule has 0 saturated carbocycles. The summed E-state index contributed by atoms with van der Waals surface area (Å²) in [5.74, 6) is 0.726. The standard InChI is InChI=1S/C21H22N2O3/c1-26-16-7-4-6-15(13-16)20-17-8-3-2-5-14(17)11-12-23(20)21(25)18-9-10-19(24)22-18/h2-8,13,18,20H,9-12H2,1H3,(H,22,24). The van der Waals surface area contributed by atoms with E-state index < -0.39 is 6.04 Å². The third-order valence-corrected chi connectivity index (χ3v) is 5.27. The van der Waals surface area contributed by atoms with Crippen LogP contribution in [0.25, 0.3) is 0 Å². The molecule has 1 fully saturated rings. The summed E-state index contributed by atoms with van der Waals surface area (Å²) >= 11 is 0. The minimum absolute atomic E-state index is 0.00169. The Hall–Kier alpha value is -2.82. The van der Waals surface area contributed by atoms with Crippen LogP contribution in [0.3, 0.4) is 0 Å². The molecule has 0 spiro atoms. The zero-order valence-corrected chi connectivity index (χ0v) is 14.8. The largest absolute Gasteiger partial charge is 0.497 e. The molecule has 0 bridgehead atoms. The summed E-state index contributed by atoms with van der Waals surface area (Å²) in [6.07, 6.45) is 1.81. The number of carbonyl (C=O) groups excluding carboxylic acids is 2. The van der Waals surface area contributed by atoms with Gasteiger partial charge in [-0.3, -0.25) is 9.59 Å². The van der Waals surface area contributed by atoms with Gasteiger partial charge in [0.15, 0.2) is 0 Å². The fraction of sp³-hybridized carbons (Fsp3) is 0.333. The topological polar surface area (TPSA) is 58.6 Å². The second-order valence-electron chi connectivity index (χ2n) is 6.82. The number of benzene rings is 2. The SMILES string of the molecule is COc1cccc(C2c3ccccc3CCN2C(=O)C2CCC(=O)N2)c1. The molecule has 2 unspecified atom stereocenters. The highest BCUT2D eigenvalue weighted by molar-refractivity contribution is 5.91. The van der Waals surface area contributed by atoms with E-state index >= 15 is 0 Å². The summed E-state index contributed by atoms with van der Waals surface area (Å²) in [5.41, 5.74) is 3.43. The predicted molar refractivity (Wildman–Crippen MR) is 97.9 cm³/mol. The van der Waals surface area contributed by atoms with Crippen LogP contribution in [0.15, 0.2) is 48.5 Å². The zero-order chi connectivity index (χ0) is 18.1. The van der Waals surface area contributed by atoms with Gasteiger partial charge in [0.2, 0.25) is 11.8 Å². The molecule has 2 aromatic carbocycles. The van der Waals surface area contributed by atoms with Crippen LogP contribution in [0.1, 0.15) is 35.6 Å². The summed E-state index contributed by atoms with van der Waals surface area (Å²) in [6.45, 7) is 0.643. The molecule has 0 aliphatic carbocycles. The average molecular weight is 350 g/mol. The van der Waals surface area contributed by atoms with Crippen molar-refractivity contribution in [3.8, 4) is 5.75 Å². The lowest BCUT2D eigenvalue weighted by Crippen LogP contribution is -2.48. The number of amides is 2. The average Bonchev–Trinajstić information content (AvgIpc) is 3.13. The Balaban J connectivity index is 1.75. The lowest BCUT2D eigenvalue weighted by molar-refractivity contribution is -0.136. The maximum atomic E-state index is 13.2. The molecule has 2 aromatic rings. The molecule has 2 aliphatic heterocycles. The molecule has 2 aliphatic rings. The lowest BCUT2D eigenvalue weighted by atomic mass is 9.87. The first-order chi connectivity index (χ1) is 12.7. The molecule has 26 heavy (non-hydrogen) atoms. The second-order valence-corrected chi connectivity index (χ2v) is 6.82. The van der Waals surface area contributed by atoms with E-state index in [1.165, 1.54) is 5.56 Å². The van der Waals surface area contributed by atoms with Crippen molar-refractivity contribution >= 4 is 11.8 Å². The Labute approximate surface area is 153 Å². The third kappa shape index (κ3) is 2.94. The molecule has 0 radical (unpaired) electrons. The van der Waals surface area contributed by atoms with Gasteiger partial charge >= 0.3 is 0 Å². The van der Waals surface area contributed by atoms with Crippen molar-refractivity contribution in [3.63, 3.8) is 0 Å². The van der Waals surface area contributed by atoms with Crippen LogP contribution in [0.5, 0.6) is 5.75 Å². The van der Waals surface area contributed by atoms with Gasteiger partial charge in [-0.15, -0.1) is 0 Å². The van der Waals surface area contributed by atoms with Crippen LogP contribution in [-0.2, 0) is 16.0 Å². The first-order valence-electron chi connectivity index (χ1n) is 8.99. The fourth-order valence-corrected chi connectivity index (χ4v) is 3.97. The highest BCUT2D eigenvalue weighted by atomic mass is 16.5. The van der Waals surface area contributed by atoms with Crippen molar-refractivity contribution in [2.24, 2.45) is 0 Å². The van der Waals surface area contributed by atoms with Crippen molar-refractivity contribution in [3.05, 3.63) is 65.2 Å². The predicted octanol–water partition coefficient (Wildman–Crippen LogP) is 2.45. The number of carbonyl (C=O) groups is 2. The van der Waals surface area contributed by atoms with E-state index in [0.29, 0.717) is 19.4 Å². The summed E-state index contributed by atoms with van der Waals surface area (Å²) in [6, 6.07) is 15.6. The molecule has 4 rings (SSSR count). The van der Waals surface area contributed by atoms with E-state index in [2.05, 4.69) is 17.4 Å². The summed E-state index contributed by atoms with van der Waals surface area (Å²) in [4.78, 5) is 26.7. The smallest absolute Gasteiger partial charge is 0.245 e. The second kappa shape index (κ2) is 6.83. The highest BCUT2D eigenvalue weighted by Gasteiger charge is 2.37. The number of hydrogen-bond donors (Lipinski definition) is 1. The highest BCUT2D eigenvalue weighted by Crippen LogP contribution is 2.37. The van der Waals surface area contributed by atoms with Crippen LogP contribution >= 0.6 is 0 Å². The van der Waals surface area contributed by atoms with Crippen LogP contribution in [-0.4, -0.2) is 36.4 Å². The Morgan fingerprint density at radius 3 is 2.77 bits per heavy atom. The molecule has 2 atom stereocenters. The van der Waals surface area contributed by atoms with Gasteiger partial charge in [-0.2, -0.15) is 0 Å². The molecular formula is C21H22N2O3. The molecule has 0 aromatic heterocycles. The summed E-state index contributed by atoms with van der Waals surface area (Å²) < 4.78 is 5.38. The van der Waals surface area contributed by atoms with Gasteiger partial charge < -0.3 is 15.0 Å². The monoisotopic (exact) mass is 350 g/mol. The van der Waals surface area contributed by atoms with Crippen LogP contribution < -0.4 is 10.1 Å². The van der Waals surface area contributed by atoms with Gasteiger partial charge in [-0.1, -0.05) is 36.4 Å². The quantitative estimate of drug-likeness (QED) is 0.925. The molecule has 1 saturated heterocycles. The number of nitrogens with one attached hydrogen (secondary N) is 1. The van der Waals surface area contributed by atoms with E-state index in [9.17, 15) is 9.59 Å². The van der Waals surface area contributed by atoms with Gasteiger partial charge in [0.1, 0.15) is 11.8 Å². The van der Waals surface area contributed by atoms with Crippen molar-refractivity contribution in [2.75, 3.05) is 13.7 Å². The minimum atomic E-state index is -0.416.